The van der Waals surface area contributed by atoms with Crippen LogP contribution in [0.3, 0.4) is 0 Å². The van der Waals surface area contributed by atoms with Crippen molar-refractivity contribution in [2.45, 2.75) is 34.1 Å². The van der Waals surface area contributed by atoms with Crippen LogP contribution in [0.5, 0.6) is 0 Å². The number of hydrogen-bond donors (Lipinski definition) is 1. The van der Waals surface area contributed by atoms with Crippen LogP contribution in [0.2, 0.25) is 0 Å². The van der Waals surface area contributed by atoms with E-state index in [2.05, 4.69) is 47.8 Å². The zero-order valence-electron chi connectivity index (χ0n) is 16.3. The van der Waals surface area contributed by atoms with Gasteiger partial charge in [-0.25, -0.2) is 8.42 Å². The molecule has 1 rings (SSSR count). The first-order valence-electron chi connectivity index (χ1n) is 8.88. The minimum atomic E-state index is -2.91. The third-order valence-electron chi connectivity index (χ3n) is 4.38. The predicted octanol–water partition coefficient (Wildman–Crippen LogP) is 1.30. The highest BCUT2D eigenvalue weighted by molar-refractivity contribution is 7.90. The normalized spacial score (nSPS) is 18.3. The molecule has 0 amide bonds. The molecule has 0 spiro atoms. The molecule has 0 aromatic heterocycles. The van der Waals surface area contributed by atoms with E-state index in [-0.39, 0.29) is 11.2 Å². The summed E-state index contributed by atoms with van der Waals surface area (Å²) < 4.78 is 22.7. The molecule has 7 heteroatoms. The summed E-state index contributed by atoms with van der Waals surface area (Å²) in [7, 11) is -1.10. The summed E-state index contributed by atoms with van der Waals surface area (Å²) in [5, 5.41) is 3.43. The average Bonchev–Trinajstić information content (AvgIpc) is 2.46. The minimum Gasteiger partial charge on any atom is -0.356 e. The maximum Gasteiger partial charge on any atom is 0.193 e. The van der Waals surface area contributed by atoms with Crippen LogP contribution in [0.15, 0.2) is 4.99 Å². The lowest BCUT2D eigenvalue weighted by Gasteiger charge is -2.38. The molecule has 1 N–H and O–H groups in total. The van der Waals surface area contributed by atoms with Gasteiger partial charge >= 0.3 is 0 Å². The number of hydrogen-bond acceptors (Lipinski definition) is 4. The first-order valence-corrected chi connectivity index (χ1v) is 10.9. The van der Waals surface area contributed by atoms with E-state index in [0.29, 0.717) is 12.3 Å². The number of aliphatic imine (C=N–C) groups is 1. The monoisotopic (exact) mass is 360 g/mol. The van der Waals surface area contributed by atoms with E-state index in [4.69, 9.17) is 0 Å². The second kappa shape index (κ2) is 9.04. The summed E-state index contributed by atoms with van der Waals surface area (Å²) >= 11 is 0. The second-order valence-electron chi connectivity index (χ2n) is 8.13. The van der Waals surface area contributed by atoms with E-state index in [1.54, 1.807) is 0 Å². The smallest absolute Gasteiger partial charge is 0.193 e. The topological polar surface area (TPSA) is 65.0 Å². The van der Waals surface area contributed by atoms with Gasteiger partial charge in [-0.05, 0) is 17.8 Å². The van der Waals surface area contributed by atoms with E-state index in [0.717, 1.165) is 45.2 Å². The SMILES string of the molecule is CN=C(NCC(C)(C)CCS(C)(=O)=O)N1CCN(CC(C)C)CC1. The largest absolute Gasteiger partial charge is 0.356 e. The first-order chi connectivity index (χ1) is 11.0. The molecule has 1 saturated heterocycles. The summed E-state index contributed by atoms with van der Waals surface area (Å²) in [5.41, 5.74) is -0.0848. The Labute approximate surface area is 148 Å². The zero-order valence-corrected chi connectivity index (χ0v) is 17.1. The fourth-order valence-corrected chi connectivity index (χ4v) is 3.78. The zero-order chi connectivity index (χ0) is 18.4. The van der Waals surface area contributed by atoms with Crippen molar-refractivity contribution in [3.63, 3.8) is 0 Å². The van der Waals surface area contributed by atoms with Crippen molar-refractivity contribution in [1.29, 1.82) is 0 Å². The third kappa shape index (κ3) is 8.33. The lowest BCUT2D eigenvalue weighted by Crippen LogP contribution is -2.54. The van der Waals surface area contributed by atoms with Crippen LogP contribution < -0.4 is 5.32 Å². The van der Waals surface area contributed by atoms with Crippen molar-refractivity contribution in [3.8, 4) is 0 Å². The first kappa shape index (κ1) is 21.2. The minimum absolute atomic E-state index is 0.0848. The Bertz CT molecular complexity index is 507. The molecule has 6 nitrogen and oxygen atoms in total. The van der Waals surface area contributed by atoms with Gasteiger partial charge in [-0.3, -0.25) is 9.89 Å². The highest BCUT2D eigenvalue weighted by atomic mass is 32.2. The van der Waals surface area contributed by atoms with Crippen LogP contribution in [0.25, 0.3) is 0 Å². The molecule has 0 radical (unpaired) electrons. The van der Waals surface area contributed by atoms with E-state index in [9.17, 15) is 8.42 Å². The molecule has 24 heavy (non-hydrogen) atoms. The predicted molar refractivity (Wildman–Crippen MR) is 102 cm³/mol. The van der Waals surface area contributed by atoms with Gasteiger partial charge in [0.2, 0.25) is 0 Å². The molecule has 1 heterocycles. The average molecular weight is 361 g/mol. The molecular formula is C17H36N4O2S. The number of nitrogens with zero attached hydrogens (tertiary/aromatic N) is 3. The van der Waals surface area contributed by atoms with E-state index in [1.165, 1.54) is 6.26 Å². The molecule has 0 saturated carbocycles. The highest BCUT2D eigenvalue weighted by Crippen LogP contribution is 2.20. The lowest BCUT2D eigenvalue weighted by atomic mass is 9.90. The van der Waals surface area contributed by atoms with Crippen molar-refractivity contribution in [1.82, 2.24) is 15.1 Å². The van der Waals surface area contributed by atoms with Crippen LogP contribution in [-0.4, -0.2) is 82.5 Å². The second-order valence-corrected chi connectivity index (χ2v) is 10.4. The van der Waals surface area contributed by atoms with Crippen molar-refractivity contribution in [2.24, 2.45) is 16.3 Å². The van der Waals surface area contributed by atoms with Gasteiger partial charge in [0.25, 0.3) is 0 Å². The van der Waals surface area contributed by atoms with Gasteiger partial charge in [0, 0.05) is 52.6 Å². The Hall–Kier alpha value is -0.820. The standard InChI is InChI=1S/C17H36N4O2S/c1-15(2)13-20-8-10-21(11-9-20)16(18-5)19-14-17(3,4)7-12-24(6,22)23/h15H,7-14H2,1-6H3,(H,18,19). The summed E-state index contributed by atoms with van der Waals surface area (Å²) in [6.45, 7) is 14.7. The molecule has 0 aromatic carbocycles. The van der Waals surface area contributed by atoms with Crippen LogP contribution in [0, 0.1) is 11.3 Å². The van der Waals surface area contributed by atoms with E-state index in [1.807, 2.05) is 7.05 Å². The van der Waals surface area contributed by atoms with Crippen molar-refractivity contribution >= 4 is 15.8 Å². The molecule has 0 aliphatic carbocycles. The van der Waals surface area contributed by atoms with Crippen molar-refractivity contribution in [3.05, 3.63) is 0 Å². The molecule has 142 valence electrons. The summed E-state index contributed by atoms with van der Waals surface area (Å²) in [6, 6.07) is 0. The van der Waals surface area contributed by atoms with Crippen LogP contribution in [0.1, 0.15) is 34.1 Å². The molecule has 0 bridgehead atoms. The molecule has 1 aliphatic rings. The molecular weight excluding hydrogens is 324 g/mol. The quantitative estimate of drug-likeness (QED) is 0.548. The van der Waals surface area contributed by atoms with Crippen LogP contribution >= 0.6 is 0 Å². The van der Waals surface area contributed by atoms with Gasteiger partial charge in [-0.15, -0.1) is 0 Å². The fraction of sp³-hybridized carbons (Fsp3) is 0.941. The number of guanidine groups is 1. The number of nitrogens with one attached hydrogen (secondary N) is 1. The number of sulfone groups is 1. The molecule has 1 aliphatic heterocycles. The molecule has 1 fully saturated rings. The Morgan fingerprint density at radius 2 is 1.79 bits per heavy atom. The maximum atomic E-state index is 11.4. The highest BCUT2D eigenvalue weighted by Gasteiger charge is 2.24. The van der Waals surface area contributed by atoms with Crippen molar-refractivity contribution < 1.29 is 8.42 Å². The van der Waals surface area contributed by atoms with Crippen LogP contribution in [-0.2, 0) is 9.84 Å². The van der Waals surface area contributed by atoms with Gasteiger partial charge < -0.3 is 10.2 Å². The molecule has 0 unspecified atom stereocenters. The number of rotatable bonds is 7. The summed E-state index contributed by atoms with van der Waals surface area (Å²) in [4.78, 5) is 9.20. The van der Waals surface area contributed by atoms with Crippen LogP contribution in [0.4, 0.5) is 0 Å². The Morgan fingerprint density at radius 3 is 2.25 bits per heavy atom. The van der Waals surface area contributed by atoms with Gasteiger partial charge in [0.15, 0.2) is 5.96 Å². The lowest BCUT2D eigenvalue weighted by molar-refractivity contribution is 0.163. The maximum absolute atomic E-state index is 11.4. The molecule has 0 atom stereocenters. The van der Waals surface area contributed by atoms with E-state index >= 15 is 0 Å². The van der Waals surface area contributed by atoms with Gasteiger partial charge in [0.05, 0.1) is 5.75 Å². The number of piperazine rings is 1. The van der Waals surface area contributed by atoms with Gasteiger partial charge in [0.1, 0.15) is 9.84 Å². The van der Waals surface area contributed by atoms with Gasteiger partial charge in [-0.1, -0.05) is 27.7 Å². The third-order valence-corrected chi connectivity index (χ3v) is 5.33. The molecule has 0 aromatic rings. The fourth-order valence-electron chi connectivity index (χ4n) is 2.86. The Morgan fingerprint density at radius 1 is 1.21 bits per heavy atom. The Balaban J connectivity index is 2.45. The van der Waals surface area contributed by atoms with Crippen molar-refractivity contribution in [2.75, 3.05) is 58.3 Å². The summed E-state index contributed by atoms with van der Waals surface area (Å²) in [5.74, 6) is 1.85. The summed E-state index contributed by atoms with van der Waals surface area (Å²) in [6.07, 6.45) is 1.95. The Kier molecular flexibility index (Phi) is 7.99. The van der Waals surface area contributed by atoms with Gasteiger partial charge in [-0.2, -0.15) is 0 Å². The van der Waals surface area contributed by atoms with E-state index < -0.39 is 9.84 Å².